The van der Waals surface area contributed by atoms with Gasteiger partial charge in [-0.25, -0.2) is 8.42 Å². The topological polar surface area (TPSA) is 96.0 Å². The minimum absolute atomic E-state index is 0.0139. The van der Waals surface area contributed by atoms with E-state index in [0.29, 0.717) is 22.9 Å². The Balaban J connectivity index is 1.81. The Bertz CT molecular complexity index is 1720. The maximum Gasteiger partial charge on any atom is 0.264 e. The van der Waals surface area contributed by atoms with Gasteiger partial charge in [-0.3, -0.25) is 13.9 Å². The highest BCUT2D eigenvalue weighted by Gasteiger charge is 2.35. The van der Waals surface area contributed by atoms with Crippen LogP contribution in [0.15, 0.2) is 108 Å². The van der Waals surface area contributed by atoms with E-state index in [1.807, 2.05) is 63.2 Å². The number of hydrogen-bond acceptors (Lipinski definition) is 5. The molecule has 4 aromatic carbocycles. The van der Waals surface area contributed by atoms with Gasteiger partial charge < -0.3 is 15.0 Å². The molecule has 0 fully saturated rings. The van der Waals surface area contributed by atoms with Gasteiger partial charge in [-0.1, -0.05) is 78.7 Å². The van der Waals surface area contributed by atoms with E-state index in [-0.39, 0.29) is 29.8 Å². The fourth-order valence-corrected chi connectivity index (χ4v) is 6.48. The van der Waals surface area contributed by atoms with Crippen molar-refractivity contribution < 1.29 is 22.7 Å². The molecule has 8 nitrogen and oxygen atoms in total. The predicted molar refractivity (Wildman–Crippen MR) is 183 cm³/mol. The Hall–Kier alpha value is -4.34. The first kappa shape index (κ1) is 34.5. The second kappa shape index (κ2) is 15.8. The molecule has 0 unspecified atom stereocenters. The number of carbonyl (C=O) groups is 2. The van der Waals surface area contributed by atoms with E-state index in [1.165, 1.54) is 29.2 Å². The first-order valence-corrected chi connectivity index (χ1v) is 16.9. The summed E-state index contributed by atoms with van der Waals surface area (Å²) in [5.74, 6) is -0.266. The lowest BCUT2D eigenvalue weighted by molar-refractivity contribution is -0.140. The van der Waals surface area contributed by atoms with Crippen molar-refractivity contribution >= 4 is 39.1 Å². The monoisotopic (exact) mass is 661 g/mol. The first-order chi connectivity index (χ1) is 22.0. The summed E-state index contributed by atoms with van der Waals surface area (Å²) in [4.78, 5) is 30.0. The van der Waals surface area contributed by atoms with Gasteiger partial charge in [-0.05, 0) is 79.9 Å². The smallest absolute Gasteiger partial charge is 0.264 e. The Kier molecular flexibility index (Phi) is 11.8. The third-order valence-electron chi connectivity index (χ3n) is 7.76. The number of amides is 2. The van der Waals surface area contributed by atoms with Crippen molar-refractivity contribution in [1.29, 1.82) is 0 Å². The molecule has 0 heterocycles. The van der Waals surface area contributed by atoms with Crippen LogP contribution in [0.4, 0.5) is 5.69 Å². The molecule has 1 N–H and O–H groups in total. The minimum atomic E-state index is -4.22. The number of rotatable bonds is 14. The molecule has 4 aromatic rings. The number of carbonyl (C=O) groups excluding carboxylic acids is 2. The van der Waals surface area contributed by atoms with Crippen molar-refractivity contribution in [3.8, 4) is 5.75 Å². The van der Waals surface area contributed by atoms with Gasteiger partial charge >= 0.3 is 0 Å². The highest BCUT2D eigenvalue weighted by Crippen LogP contribution is 2.27. The number of methoxy groups -OCH3 is 1. The van der Waals surface area contributed by atoms with Crippen LogP contribution in [0.1, 0.15) is 37.0 Å². The average Bonchev–Trinajstić information content (AvgIpc) is 3.06. The van der Waals surface area contributed by atoms with Crippen LogP contribution in [0.25, 0.3) is 0 Å². The van der Waals surface area contributed by atoms with Crippen molar-refractivity contribution in [2.75, 3.05) is 18.0 Å². The molecular formula is C36H40ClN3O5S. The van der Waals surface area contributed by atoms with Crippen LogP contribution < -0.4 is 14.4 Å². The van der Waals surface area contributed by atoms with Crippen LogP contribution >= 0.6 is 11.6 Å². The normalized spacial score (nSPS) is 12.5. The van der Waals surface area contributed by atoms with Crippen LogP contribution in [0.2, 0.25) is 5.02 Å². The summed E-state index contributed by atoms with van der Waals surface area (Å²) >= 11 is 6.06. The zero-order valence-corrected chi connectivity index (χ0v) is 28.1. The van der Waals surface area contributed by atoms with E-state index in [9.17, 15) is 18.0 Å². The van der Waals surface area contributed by atoms with E-state index < -0.39 is 28.5 Å². The Labute approximate surface area is 277 Å². The molecule has 0 bridgehead atoms. The summed E-state index contributed by atoms with van der Waals surface area (Å²) in [7, 11) is -2.66. The number of halogens is 1. The van der Waals surface area contributed by atoms with Crippen LogP contribution in [0, 0.1) is 6.92 Å². The largest absolute Gasteiger partial charge is 0.497 e. The number of aryl methyl sites for hydroxylation is 1. The van der Waals surface area contributed by atoms with Gasteiger partial charge in [0.05, 0.1) is 17.7 Å². The number of ether oxygens (including phenoxy) is 1. The van der Waals surface area contributed by atoms with Crippen LogP contribution in [0.3, 0.4) is 0 Å². The van der Waals surface area contributed by atoms with Gasteiger partial charge in [-0.2, -0.15) is 0 Å². The molecule has 0 aliphatic heterocycles. The van der Waals surface area contributed by atoms with Crippen molar-refractivity contribution in [1.82, 2.24) is 10.2 Å². The number of benzene rings is 4. The highest BCUT2D eigenvalue weighted by atomic mass is 35.5. The van der Waals surface area contributed by atoms with Crippen molar-refractivity contribution in [2.45, 2.75) is 57.1 Å². The predicted octanol–water partition coefficient (Wildman–Crippen LogP) is 6.41. The number of nitrogens with zero attached hydrogens (tertiary/aromatic N) is 2. The Morgan fingerprint density at radius 3 is 2.17 bits per heavy atom. The summed E-state index contributed by atoms with van der Waals surface area (Å²) < 4.78 is 34.8. The SMILES string of the molecule is CC[C@H](C)NC(=O)[C@H](Cc1ccccc1)N(Cc1cccc(OC)c1)C(=O)CN(c1ccc(C)cc1)S(=O)(=O)c1ccc(Cl)cc1. The lowest BCUT2D eigenvalue weighted by Crippen LogP contribution is -2.54. The molecule has 4 rings (SSSR count). The molecule has 46 heavy (non-hydrogen) atoms. The van der Waals surface area contributed by atoms with Crippen LogP contribution in [-0.2, 0) is 32.6 Å². The zero-order valence-electron chi connectivity index (χ0n) is 26.5. The molecule has 2 atom stereocenters. The summed E-state index contributed by atoms with van der Waals surface area (Å²) in [5, 5.41) is 3.43. The summed E-state index contributed by atoms with van der Waals surface area (Å²) in [6, 6.07) is 28.4. The van der Waals surface area contributed by atoms with Gasteiger partial charge in [0.1, 0.15) is 18.3 Å². The summed E-state index contributed by atoms with van der Waals surface area (Å²) in [5.41, 5.74) is 2.84. The third-order valence-corrected chi connectivity index (χ3v) is 9.80. The van der Waals surface area contributed by atoms with E-state index in [4.69, 9.17) is 16.3 Å². The van der Waals surface area contributed by atoms with Gasteiger partial charge in [-0.15, -0.1) is 0 Å². The van der Waals surface area contributed by atoms with Gasteiger partial charge in [0.15, 0.2) is 0 Å². The number of hydrogen-bond donors (Lipinski definition) is 1. The third kappa shape index (κ3) is 8.89. The molecule has 0 saturated heterocycles. The number of anilines is 1. The molecule has 0 aliphatic carbocycles. The molecular weight excluding hydrogens is 622 g/mol. The second-order valence-corrected chi connectivity index (χ2v) is 13.5. The molecule has 0 aromatic heterocycles. The maximum atomic E-state index is 14.6. The lowest BCUT2D eigenvalue weighted by atomic mass is 10.0. The fourth-order valence-electron chi connectivity index (χ4n) is 4.94. The maximum absolute atomic E-state index is 14.6. The molecule has 0 spiro atoms. The molecule has 0 aliphatic rings. The van der Waals surface area contributed by atoms with Crippen molar-refractivity contribution in [2.24, 2.45) is 0 Å². The Morgan fingerprint density at radius 2 is 1.54 bits per heavy atom. The summed E-state index contributed by atoms with van der Waals surface area (Å²) in [6.07, 6.45) is 0.932. The summed E-state index contributed by atoms with van der Waals surface area (Å²) in [6.45, 7) is 5.28. The number of sulfonamides is 1. The molecule has 2 amide bonds. The first-order valence-electron chi connectivity index (χ1n) is 15.1. The van der Waals surface area contributed by atoms with Crippen LogP contribution in [-0.4, -0.2) is 50.9 Å². The quantitative estimate of drug-likeness (QED) is 0.169. The van der Waals surface area contributed by atoms with Gasteiger partial charge in [0.2, 0.25) is 11.8 Å². The molecule has 0 radical (unpaired) electrons. The van der Waals surface area contributed by atoms with Gasteiger partial charge in [0, 0.05) is 24.0 Å². The molecule has 242 valence electrons. The van der Waals surface area contributed by atoms with Gasteiger partial charge in [0.25, 0.3) is 10.0 Å². The zero-order chi connectivity index (χ0) is 33.3. The fraction of sp³-hybridized carbons (Fsp3) is 0.278. The Morgan fingerprint density at radius 1 is 0.891 bits per heavy atom. The minimum Gasteiger partial charge on any atom is -0.497 e. The van der Waals surface area contributed by atoms with Crippen LogP contribution in [0.5, 0.6) is 5.75 Å². The number of nitrogens with one attached hydrogen (secondary N) is 1. The van der Waals surface area contributed by atoms with Crippen molar-refractivity contribution in [3.05, 3.63) is 125 Å². The highest BCUT2D eigenvalue weighted by molar-refractivity contribution is 7.92. The van der Waals surface area contributed by atoms with E-state index in [1.54, 1.807) is 43.5 Å². The molecule has 0 saturated carbocycles. The average molecular weight is 662 g/mol. The lowest BCUT2D eigenvalue weighted by Gasteiger charge is -2.34. The second-order valence-electron chi connectivity index (χ2n) is 11.2. The van der Waals surface area contributed by atoms with E-state index in [2.05, 4.69) is 5.32 Å². The van der Waals surface area contributed by atoms with Crippen molar-refractivity contribution in [3.63, 3.8) is 0 Å². The molecule has 10 heteroatoms. The van der Waals surface area contributed by atoms with E-state index >= 15 is 0 Å². The van der Waals surface area contributed by atoms with E-state index in [0.717, 1.165) is 21.0 Å². The standard InChI is InChI=1S/C36H40ClN3O5S/c1-5-27(3)38-36(42)34(23-28-10-7-6-8-11-28)39(24-29-12-9-13-32(22-29)45-4)35(41)25-40(31-18-14-26(2)15-19-31)46(43,44)33-20-16-30(37)17-21-33/h6-22,27,34H,5,23-25H2,1-4H3,(H,38,42)/t27-,34-/m0/s1.